The molecule has 0 radical (unpaired) electrons. The molecule has 4 atom stereocenters. The molecule has 1 fully saturated rings. The largest absolute Gasteiger partial charge is 0.334 e. The summed E-state index contributed by atoms with van der Waals surface area (Å²) in [7, 11) is 0. The van der Waals surface area contributed by atoms with E-state index in [4.69, 9.17) is 0 Å². The molecular weight excluding hydrogens is 966 g/mol. The summed E-state index contributed by atoms with van der Waals surface area (Å²) < 4.78 is 2.77. The predicted molar refractivity (Wildman–Crippen MR) is 341 cm³/mol. The zero-order valence-electron chi connectivity index (χ0n) is 50.2. The molecule has 4 aliphatic heterocycles. The van der Waals surface area contributed by atoms with E-state index in [9.17, 15) is 0 Å². The molecule has 0 bridgehead atoms. The van der Waals surface area contributed by atoms with Gasteiger partial charge in [0.1, 0.15) is 0 Å². The molecule has 402 valence electrons. The molecule has 3 nitrogen and oxygen atoms in total. The van der Waals surface area contributed by atoms with Gasteiger partial charge in [-0.1, -0.05) is 217 Å². The molecule has 0 spiro atoms. The average Bonchev–Trinajstić information content (AvgIpc) is 3.36. The Morgan fingerprint density at radius 3 is 1.69 bits per heavy atom. The van der Waals surface area contributed by atoms with Crippen LogP contribution in [-0.4, -0.2) is 16.8 Å². The van der Waals surface area contributed by atoms with Crippen molar-refractivity contribution in [1.82, 2.24) is 4.57 Å². The number of hydrogen-bond donors (Lipinski definition) is 0. The fraction of sp³-hybridized carbons (Fsp3) is 0.368. The maximum atomic E-state index is 2.97. The second-order valence-electron chi connectivity index (χ2n) is 30.0. The Morgan fingerprint density at radius 2 is 1.00 bits per heavy atom. The van der Waals surface area contributed by atoms with Crippen molar-refractivity contribution in [2.24, 2.45) is 0 Å². The highest BCUT2D eigenvalue weighted by Crippen LogP contribution is 2.69. The molecule has 0 amide bonds. The molecular formula is C76H80BN3. The van der Waals surface area contributed by atoms with E-state index in [1.807, 2.05) is 0 Å². The molecule has 9 aromatic rings. The van der Waals surface area contributed by atoms with Gasteiger partial charge in [-0.05, 0) is 170 Å². The molecule has 80 heavy (non-hydrogen) atoms. The maximum absolute atomic E-state index is 2.97. The van der Waals surface area contributed by atoms with Crippen LogP contribution >= 0.6 is 0 Å². The van der Waals surface area contributed by atoms with Gasteiger partial charge in [0.05, 0.1) is 22.0 Å². The number of anilines is 4. The minimum absolute atomic E-state index is 0.00492. The Kier molecular flexibility index (Phi) is 10.1. The second-order valence-corrected chi connectivity index (χ2v) is 30.0. The third-order valence-electron chi connectivity index (χ3n) is 21.6. The van der Waals surface area contributed by atoms with Crippen LogP contribution in [-0.2, 0) is 44.4 Å². The van der Waals surface area contributed by atoms with Gasteiger partial charge in [0.25, 0.3) is 6.71 Å². The highest BCUT2D eigenvalue weighted by molar-refractivity contribution is 7.00. The van der Waals surface area contributed by atoms with Crippen LogP contribution in [0, 0.1) is 0 Å². The van der Waals surface area contributed by atoms with Gasteiger partial charge < -0.3 is 14.4 Å². The molecule has 0 saturated heterocycles. The number of fused-ring (bicyclic) bond motifs is 15. The number of nitrogens with zero attached hydrogens (tertiary/aromatic N) is 3. The molecule has 6 aliphatic rings. The van der Waals surface area contributed by atoms with E-state index in [1.165, 1.54) is 135 Å². The fourth-order valence-electron chi connectivity index (χ4n) is 17.6. The second kappa shape index (κ2) is 16.0. The summed E-state index contributed by atoms with van der Waals surface area (Å²) in [6.45, 7) is 34.2. The smallest absolute Gasteiger partial charge is 0.252 e. The van der Waals surface area contributed by atoms with Crippen molar-refractivity contribution in [3.63, 3.8) is 0 Å². The minimum atomic E-state index is -0.496. The summed E-state index contributed by atoms with van der Waals surface area (Å²) in [6, 6.07) is 64.2. The molecule has 1 saturated carbocycles. The first-order chi connectivity index (χ1) is 37.9. The van der Waals surface area contributed by atoms with Crippen molar-refractivity contribution in [2.45, 2.75) is 179 Å². The first-order valence-electron chi connectivity index (χ1n) is 30.4. The van der Waals surface area contributed by atoms with Gasteiger partial charge in [-0.25, -0.2) is 0 Å². The summed E-state index contributed by atoms with van der Waals surface area (Å²) in [5.74, 6) is 0. The van der Waals surface area contributed by atoms with Crippen molar-refractivity contribution in [3.8, 4) is 5.69 Å². The maximum Gasteiger partial charge on any atom is 0.252 e. The van der Waals surface area contributed by atoms with Gasteiger partial charge in [-0.15, -0.1) is 0 Å². The van der Waals surface area contributed by atoms with Crippen molar-refractivity contribution in [3.05, 3.63) is 213 Å². The van der Waals surface area contributed by atoms with Crippen LogP contribution in [0.15, 0.2) is 158 Å². The normalized spacial score (nSPS) is 23.4. The van der Waals surface area contributed by atoms with Crippen molar-refractivity contribution in [2.75, 3.05) is 9.80 Å². The van der Waals surface area contributed by atoms with E-state index in [1.54, 1.807) is 0 Å². The van der Waals surface area contributed by atoms with Gasteiger partial charge in [-0.3, -0.25) is 0 Å². The lowest BCUT2D eigenvalue weighted by Crippen LogP contribution is -2.64. The average molecular weight is 1050 g/mol. The van der Waals surface area contributed by atoms with Gasteiger partial charge in [0, 0.05) is 50.1 Å². The lowest BCUT2D eigenvalue weighted by molar-refractivity contribution is 0.215. The molecule has 4 unspecified atom stereocenters. The predicted octanol–water partition coefficient (Wildman–Crippen LogP) is 17.2. The molecule has 2 aliphatic carbocycles. The molecule has 15 rings (SSSR count). The zero-order valence-corrected chi connectivity index (χ0v) is 50.2. The summed E-state index contributed by atoms with van der Waals surface area (Å²) >= 11 is 0. The van der Waals surface area contributed by atoms with E-state index in [2.05, 4.69) is 269 Å². The van der Waals surface area contributed by atoms with Crippen molar-refractivity contribution in [1.29, 1.82) is 0 Å². The van der Waals surface area contributed by atoms with Crippen LogP contribution in [0.1, 0.15) is 185 Å². The molecule has 5 heterocycles. The van der Waals surface area contributed by atoms with Gasteiger partial charge in [0.15, 0.2) is 0 Å². The Labute approximate surface area is 477 Å². The van der Waals surface area contributed by atoms with Crippen molar-refractivity contribution < 1.29 is 0 Å². The topological polar surface area (TPSA) is 11.4 Å². The number of rotatable bonds is 3. The molecule has 1 aromatic heterocycles. The van der Waals surface area contributed by atoms with Gasteiger partial charge >= 0.3 is 0 Å². The lowest BCUT2D eigenvalue weighted by atomic mass is 9.33. The Morgan fingerprint density at radius 1 is 0.438 bits per heavy atom. The molecule has 8 aromatic carbocycles. The third-order valence-corrected chi connectivity index (χ3v) is 21.6. The Balaban J connectivity index is 1.15. The number of aryl methyl sites for hydroxylation is 1. The quantitative estimate of drug-likeness (QED) is 0.163. The van der Waals surface area contributed by atoms with E-state index < -0.39 is 5.54 Å². The van der Waals surface area contributed by atoms with Gasteiger partial charge in [-0.2, -0.15) is 0 Å². The van der Waals surface area contributed by atoms with Crippen LogP contribution in [0.25, 0.3) is 27.5 Å². The summed E-state index contributed by atoms with van der Waals surface area (Å²) in [5.41, 5.74) is 26.6. The van der Waals surface area contributed by atoms with Crippen LogP contribution in [0.4, 0.5) is 22.7 Å². The highest BCUT2D eigenvalue weighted by atomic mass is 15.3. The van der Waals surface area contributed by atoms with Gasteiger partial charge in [0.2, 0.25) is 0 Å². The summed E-state index contributed by atoms with van der Waals surface area (Å²) in [4.78, 5) is 5.88. The first-order valence-corrected chi connectivity index (χ1v) is 30.4. The minimum Gasteiger partial charge on any atom is -0.334 e. The highest BCUT2D eigenvalue weighted by Gasteiger charge is 2.67. The molecule has 4 heteroatoms. The summed E-state index contributed by atoms with van der Waals surface area (Å²) in [6.07, 6.45) is 6.64. The monoisotopic (exact) mass is 1050 g/mol. The van der Waals surface area contributed by atoms with Crippen LogP contribution in [0.5, 0.6) is 0 Å². The summed E-state index contributed by atoms with van der Waals surface area (Å²) in [5, 5.41) is 2.72. The third kappa shape index (κ3) is 6.24. The fourth-order valence-corrected chi connectivity index (χ4v) is 17.6. The Bertz CT molecular complexity index is 4110. The Hall–Kier alpha value is -6.78. The standard InChI is InChI=1S/C76H80BN3/c1-69(2,3)50-31-33-62-55(39-50)56-40-52(71(7,8)9)43-60-67(56)78(62)64-45-54(79-63-34-32-51(70(4,5)6)41-58(63)75(48-26-17-15-18-27-48)37-24-23-36-73(75,79)13)46-65-66(64)77(60)61-44-53(72(10,11)12)42-59-68(61)80(65)74(14)57-30-22-21-25-47(57)35-38-76(59,74)49-28-19-16-20-29-49/h15-22,25-34,39-46H,23-24,35-38H2,1-14H3. The molecule has 0 N–H and O–H groups in total. The lowest BCUT2D eigenvalue weighted by Gasteiger charge is -2.55. The number of aromatic nitrogens is 1. The van der Waals surface area contributed by atoms with Crippen LogP contribution < -0.4 is 26.2 Å². The number of hydrogen-bond acceptors (Lipinski definition) is 2. The van der Waals surface area contributed by atoms with E-state index in [0.29, 0.717) is 0 Å². The van der Waals surface area contributed by atoms with E-state index >= 15 is 0 Å². The van der Waals surface area contributed by atoms with Crippen LogP contribution in [0.2, 0.25) is 0 Å². The van der Waals surface area contributed by atoms with E-state index in [0.717, 1.165) is 25.7 Å². The van der Waals surface area contributed by atoms with E-state index in [-0.39, 0.29) is 44.7 Å². The number of benzene rings is 8. The zero-order chi connectivity index (χ0) is 55.6. The van der Waals surface area contributed by atoms with Crippen LogP contribution in [0.3, 0.4) is 0 Å². The SMILES string of the molecule is CC(C)(C)c1ccc2c(c1)C1(c3ccccc3)CCCCC1(C)N2c1cc2c3c(c1)-n1c4ccc(C(C)(C)C)cc4c4cc(C(C)(C)C)cc(c41)B3c1cc(C(C)(C)C)cc3c1N2C1(C)c2ccccc2CCC31c1ccccc1. The van der Waals surface area contributed by atoms with Crippen molar-refractivity contribution >= 4 is 67.7 Å². The first kappa shape index (κ1) is 50.2.